The molecule has 0 amide bonds. The van der Waals surface area contributed by atoms with Crippen LogP contribution in [0.5, 0.6) is 5.75 Å². The predicted octanol–water partition coefficient (Wildman–Crippen LogP) is 2.88. The number of benzene rings is 1. The predicted molar refractivity (Wildman–Crippen MR) is 78.4 cm³/mol. The van der Waals surface area contributed by atoms with Gasteiger partial charge in [-0.15, -0.1) is 5.73 Å². The van der Waals surface area contributed by atoms with Crippen molar-refractivity contribution in [2.75, 3.05) is 6.61 Å². The van der Waals surface area contributed by atoms with E-state index < -0.39 is 11.0 Å². The van der Waals surface area contributed by atoms with Crippen LogP contribution in [-0.2, 0) is 11.0 Å². The molecule has 1 aromatic carbocycles. The third-order valence-corrected chi connectivity index (χ3v) is 4.53. The van der Waals surface area contributed by atoms with Gasteiger partial charge in [0.1, 0.15) is 12.4 Å². The summed E-state index contributed by atoms with van der Waals surface area (Å²) >= 11 is 0. The molecule has 0 radical (unpaired) electrons. The Kier molecular flexibility index (Phi) is 3.95. The van der Waals surface area contributed by atoms with Crippen molar-refractivity contribution >= 4 is 11.0 Å². The molecule has 0 fully saturated rings. The van der Waals surface area contributed by atoms with Crippen LogP contribution in [0.1, 0.15) is 32.4 Å². The zero-order valence-electron chi connectivity index (χ0n) is 11.5. The maximum absolute atomic E-state index is 12.3. The number of hydrogen-bond acceptors (Lipinski definition) is 2. The lowest BCUT2D eigenvalue weighted by molar-refractivity contribution is 0.316. The minimum absolute atomic E-state index is 0.150. The molecule has 0 spiro atoms. The van der Waals surface area contributed by atoms with E-state index in [1.54, 1.807) is 0 Å². The van der Waals surface area contributed by atoms with Crippen molar-refractivity contribution in [3.05, 3.63) is 47.7 Å². The van der Waals surface area contributed by atoms with Gasteiger partial charge in [0.25, 0.3) is 0 Å². The van der Waals surface area contributed by atoms with Gasteiger partial charge in [-0.2, -0.15) is 0 Å². The summed E-state index contributed by atoms with van der Waals surface area (Å²) in [5.74, 6) is 0.824. The van der Waals surface area contributed by atoms with Crippen molar-refractivity contribution in [3.63, 3.8) is 0 Å². The second-order valence-corrected chi connectivity index (χ2v) is 7.46. The van der Waals surface area contributed by atoms with Crippen molar-refractivity contribution in [2.24, 2.45) is 0 Å². The van der Waals surface area contributed by atoms with E-state index >= 15 is 0 Å². The molecular formula is C15H19NO2S. The van der Waals surface area contributed by atoms with Crippen molar-refractivity contribution in [1.29, 1.82) is 0 Å². The van der Waals surface area contributed by atoms with Crippen LogP contribution in [0.2, 0.25) is 0 Å². The van der Waals surface area contributed by atoms with Gasteiger partial charge < -0.3 is 4.74 Å². The Morgan fingerprint density at radius 2 is 2.11 bits per heavy atom. The molecule has 0 saturated carbocycles. The number of hydrogen-bond donors (Lipinski definition) is 1. The highest BCUT2D eigenvalue weighted by molar-refractivity contribution is 7.84. The molecule has 0 aromatic heterocycles. The van der Waals surface area contributed by atoms with Gasteiger partial charge in [0.2, 0.25) is 0 Å². The van der Waals surface area contributed by atoms with Crippen LogP contribution < -0.4 is 9.46 Å². The van der Waals surface area contributed by atoms with Crippen LogP contribution in [0.3, 0.4) is 0 Å². The molecule has 0 aliphatic carbocycles. The van der Waals surface area contributed by atoms with Gasteiger partial charge in [-0.1, -0.05) is 24.8 Å². The Bertz CT molecular complexity index is 554. The minimum atomic E-state index is -1.16. The molecule has 0 bridgehead atoms. The SMILES string of the molecule is C=C=C1COc2ccccc2[C@H]1N[S@](=O)C(C)(C)C. The maximum Gasteiger partial charge on any atom is 0.124 e. The fraction of sp³-hybridized carbons (Fsp3) is 0.400. The van der Waals surface area contributed by atoms with Crippen molar-refractivity contribution in [1.82, 2.24) is 4.72 Å². The first-order chi connectivity index (χ1) is 8.93. The van der Waals surface area contributed by atoms with Crippen LogP contribution in [-0.4, -0.2) is 15.6 Å². The molecule has 102 valence electrons. The van der Waals surface area contributed by atoms with Crippen LogP contribution in [0.4, 0.5) is 0 Å². The number of rotatable bonds is 2. The summed E-state index contributed by atoms with van der Waals surface area (Å²) in [6.45, 7) is 9.96. The zero-order chi connectivity index (χ0) is 14.0. The average molecular weight is 277 g/mol. The molecule has 1 aliphatic heterocycles. The highest BCUT2D eigenvalue weighted by Gasteiger charge is 2.30. The lowest BCUT2D eigenvalue weighted by atomic mass is 9.97. The Morgan fingerprint density at radius 3 is 2.74 bits per heavy atom. The molecule has 2 atom stereocenters. The molecule has 19 heavy (non-hydrogen) atoms. The van der Waals surface area contributed by atoms with Crippen LogP contribution >= 0.6 is 0 Å². The summed E-state index contributed by atoms with van der Waals surface area (Å²) in [4.78, 5) is 0. The van der Waals surface area contributed by atoms with Gasteiger partial charge in [0.05, 0.1) is 21.8 Å². The fourth-order valence-electron chi connectivity index (χ4n) is 1.85. The van der Waals surface area contributed by atoms with Crippen molar-refractivity contribution < 1.29 is 8.95 Å². The van der Waals surface area contributed by atoms with Crippen molar-refractivity contribution in [3.8, 4) is 5.75 Å². The first-order valence-electron chi connectivity index (χ1n) is 6.22. The van der Waals surface area contributed by atoms with E-state index in [1.165, 1.54) is 0 Å². The van der Waals surface area contributed by atoms with Gasteiger partial charge in [0.15, 0.2) is 0 Å². The second kappa shape index (κ2) is 5.33. The van der Waals surface area contributed by atoms with Crippen molar-refractivity contribution in [2.45, 2.75) is 31.6 Å². The molecule has 0 unspecified atom stereocenters. The smallest absolute Gasteiger partial charge is 0.124 e. The molecular weight excluding hydrogens is 258 g/mol. The largest absolute Gasteiger partial charge is 0.488 e. The van der Waals surface area contributed by atoms with Gasteiger partial charge in [-0.25, -0.2) is 8.93 Å². The first-order valence-corrected chi connectivity index (χ1v) is 7.37. The van der Waals surface area contributed by atoms with E-state index in [-0.39, 0.29) is 10.8 Å². The van der Waals surface area contributed by atoms with Crippen LogP contribution in [0.25, 0.3) is 0 Å². The van der Waals surface area contributed by atoms with E-state index in [9.17, 15) is 4.21 Å². The monoisotopic (exact) mass is 277 g/mol. The second-order valence-electron chi connectivity index (χ2n) is 5.46. The van der Waals surface area contributed by atoms with Gasteiger partial charge in [-0.3, -0.25) is 0 Å². The standard InChI is InChI=1S/C15H19NO2S/c1-5-11-10-18-13-9-7-6-8-12(13)14(11)16-19(17)15(2,3)4/h6-9,14,16H,1,10H2,2-4H3/t14-,19+/m0/s1. The molecule has 1 N–H and O–H groups in total. The van der Waals surface area contributed by atoms with Gasteiger partial charge in [-0.05, 0) is 26.8 Å². The summed E-state index contributed by atoms with van der Waals surface area (Å²) in [6, 6.07) is 7.62. The quantitative estimate of drug-likeness (QED) is 0.844. The molecule has 4 heteroatoms. The highest BCUT2D eigenvalue weighted by atomic mass is 32.2. The van der Waals surface area contributed by atoms with E-state index in [0.29, 0.717) is 6.61 Å². The summed E-state index contributed by atoms with van der Waals surface area (Å²) < 4.78 is 20.8. The molecule has 1 heterocycles. The lowest BCUT2D eigenvalue weighted by Gasteiger charge is -2.30. The topological polar surface area (TPSA) is 38.3 Å². The number of ether oxygens (including phenoxy) is 1. The summed E-state index contributed by atoms with van der Waals surface area (Å²) in [6.07, 6.45) is 0. The Labute approximate surface area is 117 Å². The lowest BCUT2D eigenvalue weighted by Crippen LogP contribution is -2.38. The van der Waals surface area contributed by atoms with Gasteiger partial charge in [0, 0.05) is 11.1 Å². The molecule has 1 aliphatic rings. The van der Waals surface area contributed by atoms with E-state index in [1.807, 2.05) is 45.0 Å². The fourth-order valence-corrected chi connectivity index (χ4v) is 2.69. The maximum atomic E-state index is 12.3. The van der Waals surface area contributed by atoms with E-state index in [2.05, 4.69) is 17.0 Å². The van der Waals surface area contributed by atoms with E-state index in [0.717, 1.165) is 16.9 Å². The normalized spacial score (nSPS) is 20.2. The average Bonchev–Trinajstić information content (AvgIpc) is 2.38. The van der Waals surface area contributed by atoms with E-state index in [4.69, 9.17) is 4.74 Å². The molecule has 1 aromatic rings. The number of fused-ring (bicyclic) bond motifs is 1. The number of nitrogens with one attached hydrogen (secondary N) is 1. The highest BCUT2D eigenvalue weighted by Crippen LogP contribution is 2.35. The minimum Gasteiger partial charge on any atom is -0.488 e. The molecule has 0 saturated heterocycles. The van der Waals surface area contributed by atoms with Crippen LogP contribution in [0, 0.1) is 0 Å². The molecule has 2 rings (SSSR count). The van der Waals surface area contributed by atoms with Gasteiger partial charge >= 0.3 is 0 Å². The molecule has 3 nitrogen and oxygen atoms in total. The van der Waals surface area contributed by atoms with Crippen LogP contribution in [0.15, 0.2) is 42.1 Å². The zero-order valence-corrected chi connectivity index (χ0v) is 12.3. The third kappa shape index (κ3) is 2.98. The Balaban J connectivity index is 2.36. The number of para-hydroxylation sites is 1. The summed E-state index contributed by atoms with van der Waals surface area (Å²) in [5.41, 5.74) is 4.77. The third-order valence-electron chi connectivity index (χ3n) is 2.97. The summed E-state index contributed by atoms with van der Waals surface area (Å²) in [7, 11) is -1.16. The summed E-state index contributed by atoms with van der Waals surface area (Å²) in [5, 5.41) is 0. The Morgan fingerprint density at radius 1 is 1.42 bits per heavy atom. The Hall–Kier alpha value is -1.35. The first kappa shape index (κ1) is 14.1.